The van der Waals surface area contributed by atoms with Crippen LogP contribution in [0.15, 0.2) is 28.7 Å². The summed E-state index contributed by atoms with van der Waals surface area (Å²) in [6, 6.07) is 7.53. The Morgan fingerprint density at radius 2 is 2.05 bits per heavy atom. The highest BCUT2D eigenvalue weighted by atomic mass is 79.9. The van der Waals surface area contributed by atoms with Gasteiger partial charge >= 0.3 is 0 Å². The van der Waals surface area contributed by atoms with Gasteiger partial charge in [-0.1, -0.05) is 34.5 Å². The van der Waals surface area contributed by atoms with Crippen LogP contribution in [0.3, 0.4) is 0 Å². The lowest BCUT2D eigenvalue weighted by molar-refractivity contribution is 0.947. The van der Waals surface area contributed by atoms with Gasteiger partial charge in [0.25, 0.3) is 0 Å². The molecule has 6 heteroatoms. The second-order valence-electron chi connectivity index (χ2n) is 4.39. The third kappa shape index (κ3) is 4.08. The van der Waals surface area contributed by atoms with Crippen molar-refractivity contribution in [3.8, 4) is 0 Å². The minimum atomic E-state index is 0.625. The third-order valence-corrected chi connectivity index (χ3v) is 3.40. The molecule has 0 aliphatic heterocycles. The van der Waals surface area contributed by atoms with Crippen molar-refractivity contribution >= 4 is 45.0 Å². The average Bonchev–Trinajstić information content (AvgIpc) is 2.40. The summed E-state index contributed by atoms with van der Waals surface area (Å²) < 4.78 is 0.958. The van der Waals surface area contributed by atoms with Gasteiger partial charge in [-0.25, -0.2) is 4.98 Å². The zero-order valence-corrected chi connectivity index (χ0v) is 13.7. The molecular weight excluding hydrogens is 340 g/mol. The van der Waals surface area contributed by atoms with Crippen molar-refractivity contribution in [2.24, 2.45) is 0 Å². The van der Waals surface area contributed by atoms with Gasteiger partial charge in [0.15, 0.2) is 0 Å². The van der Waals surface area contributed by atoms with Gasteiger partial charge in [0.05, 0.1) is 10.7 Å². The van der Waals surface area contributed by atoms with Gasteiger partial charge < -0.3 is 10.6 Å². The van der Waals surface area contributed by atoms with E-state index >= 15 is 0 Å². The molecule has 0 saturated carbocycles. The Morgan fingerprint density at radius 3 is 2.80 bits per heavy atom. The van der Waals surface area contributed by atoms with Crippen molar-refractivity contribution in [3.63, 3.8) is 0 Å². The highest BCUT2D eigenvalue weighted by molar-refractivity contribution is 9.10. The highest BCUT2D eigenvalue weighted by Gasteiger charge is 2.05. The maximum atomic E-state index is 6.17. The molecule has 0 fully saturated rings. The van der Waals surface area contributed by atoms with E-state index in [0.717, 1.165) is 34.6 Å². The van der Waals surface area contributed by atoms with Crippen LogP contribution in [-0.4, -0.2) is 16.5 Å². The molecule has 0 unspecified atom stereocenters. The quantitative estimate of drug-likeness (QED) is 0.811. The van der Waals surface area contributed by atoms with Crippen molar-refractivity contribution in [1.29, 1.82) is 0 Å². The molecule has 20 heavy (non-hydrogen) atoms. The molecule has 0 atom stereocenters. The number of benzene rings is 1. The number of halogens is 2. The lowest BCUT2D eigenvalue weighted by Crippen LogP contribution is -2.07. The standard InChI is InChI=1S/C14H16BrClN4/c1-3-6-17-14-18-9(2)7-13(20-14)19-12-8-10(15)4-5-11(12)16/h4-5,7-8H,3,6H2,1-2H3,(H2,17,18,19,20). The summed E-state index contributed by atoms with van der Waals surface area (Å²) in [5.41, 5.74) is 1.70. The Hall–Kier alpha value is -1.33. The van der Waals surface area contributed by atoms with Gasteiger partial charge in [0.1, 0.15) is 5.82 Å². The Balaban J connectivity index is 2.24. The smallest absolute Gasteiger partial charge is 0.224 e. The topological polar surface area (TPSA) is 49.8 Å². The summed E-state index contributed by atoms with van der Waals surface area (Å²) in [5, 5.41) is 7.05. The van der Waals surface area contributed by atoms with E-state index in [1.807, 2.05) is 31.2 Å². The van der Waals surface area contributed by atoms with Crippen molar-refractivity contribution < 1.29 is 0 Å². The number of nitrogens with one attached hydrogen (secondary N) is 2. The first kappa shape index (κ1) is 15.1. The lowest BCUT2D eigenvalue weighted by atomic mass is 10.3. The summed E-state index contributed by atoms with van der Waals surface area (Å²) >= 11 is 9.60. The zero-order chi connectivity index (χ0) is 14.5. The van der Waals surface area contributed by atoms with Crippen LogP contribution in [-0.2, 0) is 0 Å². The average molecular weight is 356 g/mol. The van der Waals surface area contributed by atoms with Gasteiger partial charge in [-0.05, 0) is 31.5 Å². The number of hydrogen-bond acceptors (Lipinski definition) is 4. The third-order valence-electron chi connectivity index (χ3n) is 2.58. The molecule has 2 rings (SSSR count). The van der Waals surface area contributed by atoms with Crippen LogP contribution >= 0.6 is 27.5 Å². The summed E-state index contributed by atoms with van der Waals surface area (Å²) in [5.74, 6) is 1.34. The highest BCUT2D eigenvalue weighted by Crippen LogP contribution is 2.28. The Bertz CT molecular complexity index is 604. The number of nitrogens with zero attached hydrogens (tertiary/aromatic N) is 2. The summed E-state index contributed by atoms with van der Waals surface area (Å²) in [6.45, 7) is 4.89. The SMILES string of the molecule is CCCNc1nc(C)cc(Nc2cc(Br)ccc2Cl)n1. The van der Waals surface area contributed by atoms with Gasteiger partial charge in [-0.2, -0.15) is 4.98 Å². The molecule has 1 aromatic carbocycles. The normalized spacial score (nSPS) is 10.4. The van der Waals surface area contributed by atoms with Crippen LogP contribution < -0.4 is 10.6 Å². The molecular formula is C14H16BrClN4. The predicted octanol–water partition coefficient (Wildman–Crippen LogP) is 4.77. The number of aromatic nitrogens is 2. The largest absolute Gasteiger partial charge is 0.354 e. The molecule has 1 aromatic heterocycles. The minimum absolute atomic E-state index is 0.625. The maximum absolute atomic E-state index is 6.17. The van der Waals surface area contributed by atoms with Gasteiger partial charge in [-0.3, -0.25) is 0 Å². The fourth-order valence-corrected chi connectivity index (χ4v) is 2.21. The molecule has 0 amide bonds. The first-order valence-electron chi connectivity index (χ1n) is 6.40. The van der Waals surface area contributed by atoms with E-state index in [4.69, 9.17) is 11.6 Å². The van der Waals surface area contributed by atoms with Crippen LogP contribution in [0, 0.1) is 6.92 Å². The van der Waals surface area contributed by atoms with E-state index in [0.29, 0.717) is 11.0 Å². The molecule has 0 spiro atoms. The van der Waals surface area contributed by atoms with Gasteiger partial charge in [0.2, 0.25) is 5.95 Å². The molecule has 0 aliphatic carbocycles. The molecule has 0 saturated heterocycles. The van der Waals surface area contributed by atoms with E-state index in [9.17, 15) is 0 Å². The molecule has 1 heterocycles. The number of rotatable bonds is 5. The monoisotopic (exact) mass is 354 g/mol. The van der Waals surface area contributed by atoms with E-state index < -0.39 is 0 Å². The fourth-order valence-electron chi connectivity index (χ4n) is 1.68. The number of hydrogen-bond donors (Lipinski definition) is 2. The molecule has 106 valence electrons. The lowest BCUT2D eigenvalue weighted by Gasteiger charge is -2.11. The second kappa shape index (κ2) is 6.90. The molecule has 0 bridgehead atoms. The first-order chi connectivity index (χ1) is 9.58. The molecule has 2 N–H and O–H groups in total. The maximum Gasteiger partial charge on any atom is 0.224 e. The van der Waals surface area contributed by atoms with E-state index in [-0.39, 0.29) is 0 Å². The van der Waals surface area contributed by atoms with E-state index in [1.54, 1.807) is 0 Å². The zero-order valence-electron chi connectivity index (χ0n) is 11.4. The fraction of sp³-hybridized carbons (Fsp3) is 0.286. The molecule has 2 aromatic rings. The van der Waals surface area contributed by atoms with Crippen LogP contribution in [0.2, 0.25) is 5.02 Å². The van der Waals surface area contributed by atoms with Gasteiger partial charge in [-0.15, -0.1) is 0 Å². The van der Waals surface area contributed by atoms with Crippen molar-refractivity contribution in [3.05, 3.63) is 39.5 Å². The Labute approximate surface area is 132 Å². The van der Waals surface area contributed by atoms with Crippen LogP contribution in [0.4, 0.5) is 17.5 Å². The molecule has 0 aliphatic rings. The van der Waals surface area contributed by atoms with Gasteiger partial charge in [0, 0.05) is 22.8 Å². The second-order valence-corrected chi connectivity index (χ2v) is 5.72. The summed E-state index contributed by atoms with van der Waals surface area (Å²) in [4.78, 5) is 8.78. The van der Waals surface area contributed by atoms with Crippen molar-refractivity contribution in [1.82, 2.24) is 9.97 Å². The van der Waals surface area contributed by atoms with Crippen LogP contribution in [0.1, 0.15) is 19.0 Å². The first-order valence-corrected chi connectivity index (χ1v) is 7.57. The van der Waals surface area contributed by atoms with Crippen molar-refractivity contribution in [2.75, 3.05) is 17.2 Å². The van der Waals surface area contributed by atoms with Crippen LogP contribution in [0.25, 0.3) is 0 Å². The summed E-state index contributed by atoms with van der Waals surface area (Å²) in [6.07, 6.45) is 1.03. The van der Waals surface area contributed by atoms with E-state index in [1.165, 1.54) is 0 Å². The number of anilines is 3. The molecule has 4 nitrogen and oxygen atoms in total. The Morgan fingerprint density at radius 1 is 1.25 bits per heavy atom. The molecule has 0 radical (unpaired) electrons. The predicted molar refractivity (Wildman–Crippen MR) is 88.0 cm³/mol. The van der Waals surface area contributed by atoms with Crippen molar-refractivity contribution in [2.45, 2.75) is 20.3 Å². The number of aryl methyl sites for hydroxylation is 1. The van der Waals surface area contributed by atoms with Crippen LogP contribution in [0.5, 0.6) is 0 Å². The Kier molecular flexibility index (Phi) is 5.20. The minimum Gasteiger partial charge on any atom is -0.354 e. The van der Waals surface area contributed by atoms with E-state index in [2.05, 4.69) is 43.5 Å². The summed E-state index contributed by atoms with van der Waals surface area (Å²) in [7, 11) is 0.